The van der Waals surface area contributed by atoms with Crippen LogP contribution >= 0.6 is 11.6 Å². The zero-order valence-electron chi connectivity index (χ0n) is 9.16. The molecule has 0 bridgehead atoms. The number of nitrogens with one attached hydrogen (secondary N) is 2. The summed E-state index contributed by atoms with van der Waals surface area (Å²) in [5.41, 5.74) is 0.701. The van der Waals surface area contributed by atoms with Crippen molar-refractivity contribution in [1.82, 2.24) is 5.32 Å². The zero-order chi connectivity index (χ0) is 12.1. The molecule has 1 aromatic carbocycles. The standard InChI is InChI=1S/C10H14ClN3O2/c1-7(12-2)6-13-10-4-3-8(14(15)16)5-9(10)11/h3-5,7,12-13H,6H2,1-2H3. The molecule has 1 atom stereocenters. The summed E-state index contributed by atoms with van der Waals surface area (Å²) in [6, 6.07) is 4.68. The van der Waals surface area contributed by atoms with E-state index in [0.29, 0.717) is 23.3 Å². The van der Waals surface area contributed by atoms with Crippen molar-refractivity contribution >= 4 is 23.0 Å². The molecule has 0 radical (unpaired) electrons. The zero-order valence-corrected chi connectivity index (χ0v) is 9.91. The van der Waals surface area contributed by atoms with Gasteiger partial charge < -0.3 is 10.6 Å². The van der Waals surface area contributed by atoms with Crippen molar-refractivity contribution in [3.05, 3.63) is 33.3 Å². The van der Waals surface area contributed by atoms with E-state index in [2.05, 4.69) is 10.6 Å². The number of nitrogens with zero attached hydrogens (tertiary/aromatic N) is 1. The lowest BCUT2D eigenvalue weighted by Gasteiger charge is -2.13. The van der Waals surface area contributed by atoms with Gasteiger partial charge in [-0.05, 0) is 20.0 Å². The van der Waals surface area contributed by atoms with Gasteiger partial charge in [-0.1, -0.05) is 11.6 Å². The fraction of sp³-hybridized carbons (Fsp3) is 0.400. The Morgan fingerprint density at radius 3 is 2.75 bits per heavy atom. The van der Waals surface area contributed by atoms with Crippen molar-refractivity contribution < 1.29 is 4.92 Å². The van der Waals surface area contributed by atoms with Gasteiger partial charge in [0, 0.05) is 24.7 Å². The van der Waals surface area contributed by atoms with E-state index in [4.69, 9.17) is 11.6 Å². The van der Waals surface area contributed by atoms with Gasteiger partial charge in [0.1, 0.15) is 0 Å². The number of anilines is 1. The number of non-ortho nitro benzene ring substituents is 1. The average Bonchev–Trinajstić information content (AvgIpc) is 2.26. The maximum absolute atomic E-state index is 10.5. The third-order valence-corrected chi connectivity index (χ3v) is 2.57. The van der Waals surface area contributed by atoms with Crippen LogP contribution in [-0.2, 0) is 0 Å². The highest BCUT2D eigenvalue weighted by atomic mass is 35.5. The van der Waals surface area contributed by atoms with E-state index in [9.17, 15) is 10.1 Å². The lowest BCUT2D eigenvalue weighted by Crippen LogP contribution is -2.29. The Hall–Kier alpha value is -1.33. The second kappa shape index (κ2) is 5.67. The minimum atomic E-state index is -0.466. The van der Waals surface area contributed by atoms with Gasteiger partial charge in [0.25, 0.3) is 5.69 Å². The van der Waals surface area contributed by atoms with Crippen molar-refractivity contribution in [3.8, 4) is 0 Å². The van der Waals surface area contributed by atoms with Crippen LogP contribution in [0.2, 0.25) is 5.02 Å². The number of hydrogen-bond acceptors (Lipinski definition) is 4. The van der Waals surface area contributed by atoms with Crippen LogP contribution in [0.25, 0.3) is 0 Å². The molecule has 16 heavy (non-hydrogen) atoms. The Morgan fingerprint density at radius 2 is 2.25 bits per heavy atom. The second-order valence-electron chi connectivity index (χ2n) is 3.49. The van der Waals surface area contributed by atoms with Gasteiger partial charge in [-0.15, -0.1) is 0 Å². The van der Waals surface area contributed by atoms with Crippen molar-refractivity contribution in [2.45, 2.75) is 13.0 Å². The molecule has 0 aromatic heterocycles. The molecule has 1 rings (SSSR count). The van der Waals surface area contributed by atoms with E-state index in [1.165, 1.54) is 12.1 Å². The molecular formula is C10H14ClN3O2. The molecule has 0 heterocycles. The van der Waals surface area contributed by atoms with Crippen LogP contribution in [0.3, 0.4) is 0 Å². The molecular weight excluding hydrogens is 230 g/mol. The Bertz CT molecular complexity index is 384. The Kier molecular flexibility index (Phi) is 4.52. The molecule has 0 spiro atoms. The second-order valence-corrected chi connectivity index (χ2v) is 3.90. The molecule has 6 heteroatoms. The topological polar surface area (TPSA) is 67.2 Å². The first-order valence-corrected chi connectivity index (χ1v) is 5.27. The SMILES string of the molecule is CNC(C)CNc1ccc([N+](=O)[O-])cc1Cl. The molecule has 0 aliphatic rings. The van der Waals surface area contributed by atoms with Crippen LogP contribution in [0.4, 0.5) is 11.4 Å². The summed E-state index contributed by atoms with van der Waals surface area (Å²) >= 11 is 5.91. The first kappa shape index (κ1) is 12.7. The summed E-state index contributed by atoms with van der Waals surface area (Å²) in [5, 5.41) is 17.0. The molecule has 0 saturated heterocycles. The third kappa shape index (κ3) is 3.36. The number of benzene rings is 1. The van der Waals surface area contributed by atoms with E-state index in [-0.39, 0.29) is 5.69 Å². The minimum Gasteiger partial charge on any atom is -0.382 e. The maximum Gasteiger partial charge on any atom is 0.271 e. The highest BCUT2D eigenvalue weighted by molar-refractivity contribution is 6.33. The van der Waals surface area contributed by atoms with Gasteiger partial charge in [-0.25, -0.2) is 0 Å². The van der Waals surface area contributed by atoms with Gasteiger partial charge >= 0.3 is 0 Å². The molecule has 88 valence electrons. The smallest absolute Gasteiger partial charge is 0.271 e. The van der Waals surface area contributed by atoms with Crippen molar-refractivity contribution in [2.24, 2.45) is 0 Å². The summed E-state index contributed by atoms with van der Waals surface area (Å²) in [7, 11) is 1.86. The van der Waals surface area contributed by atoms with Crippen molar-refractivity contribution in [2.75, 3.05) is 18.9 Å². The van der Waals surface area contributed by atoms with Gasteiger partial charge in [0.2, 0.25) is 0 Å². The fourth-order valence-electron chi connectivity index (χ4n) is 1.13. The molecule has 1 aromatic rings. The van der Waals surface area contributed by atoms with Gasteiger partial charge in [0.05, 0.1) is 15.6 Å². The molecule has 0 saturated carbocycles. The van der Waals surface area contributed by atoms with Crippen LogP contribution in [-0.4, -0.2) is 24.6 Å². The average molecular weight is 244 g/mol. The lowest BCUT2D eigenvalue weighted by atomic mass is 10.2. The highest BCUT2D eigenvalue weighted by Crippen LogP contribution is 2.26. The van der Waals surface area contributed by atoms with Crippen LogP contribution in [0.15, 0.2) is 18.2 Å². The fourth-order valence-corrected chi connectivity index (χ4v) is 1.37. The third-order valence-electron chi connectivity index (χ3n) is 2.25. The van der Waals surface area contributed by atoms with Crippen molar-refractivity contribution in [3.63, 3.8) is 0 Å². The molecule has 0 aliphatic carbocycles. The summed E-state index contributed by atoms with van der Waals surface area (Å²) in [5.74, 6) is 0. The Labute approximate surface area is 98.9 Å². The van der Waals surface area contributed by atoms with Crippen LogP contribution in [0.1, 0.15) is 6.92 Å². The van der Waals surface area contributed by atoms with E-state index in [1.807, 2.05) is 14.0 Å². The lowest BCUT2D eigenvalue weighted by molar-refractivity contribution is -0.384. The normalized spacial score (nSPS) is 12.2. The molecule has 0 amide bonds. The van der Waals surface area contributed by atoms with Gasteiger partial charge in [-0.2, -0.15) is 0 Å². The predicted molar refractivity (Wildman–Crippen MR) is 65.1 cm³/mol. The number of halogens is 1. The summed E-state index contributed by atoms with van der Waals surface area (Å²) in [6.07, 6.45) is 0. The molecule has 5 nitrogen and oxygen atoms in total. The predicted octanol–water partition coefficient (Wildman–Crippen LogP) is 2.27. The molecule has 2 N–H and O–H groups in total. The summed E-state index contributed by atoms with van der Waals surface area (Å²) < 4.78 is 0. The monoisotopic (exact) mass is 243 g/mol. The summed E-state index contributed by atoms with van der Waals surface area (Å²) in [6.45, 7) is 2.72. The van der Waals surface area contributed by atoms with Gasteiger partial charge in [-0.3, -0.25) is 10.1 Å². The highest BCUT2D eigenvalue weighted by Gasteiger charge is 2.09. The summed E-state index contributed by atoms with van der Waals surface area (Å²) in [4.78, 5) is 10.0. The number of hydrogen-bond donors (Lipinski definition) is 2. The van der Waals surface area contributed by atoms with E-state index in [1.54, 1.807) is 6.07 Å². The van der Waals surface area contributed by atoms with Gasteiger partial charge in [0.15, 0.2) is 0 Å². The number of likely N-dealkylation sites (N-methyl/N-ethyl adjacent to an activating group) is 1. The minimum absolute atomic E-state index is 0.00258. The van der Waals surface area contributed by atoms with E-state index in [0.717, 1.165) is 0 Å². The Balaban J connectivity index is 2.72. The van der Waals surface area contributed by atoms with Crippen molar-refractivity contribution in [1.29, 1.82) is 0 Å². The quantitative estimate of drug-likeness (QED) is 0.615. The largest absolute Gasteiger partial charge is 0.382 e. The Morgan fingerprint density at radius 1 is 1.56 bits per heavy atom. The first-order chi connectivity index (χ1) is 7.54. The van der Waals surface area contributed by atoms with Crippen LogP contribution in [0.5, 0.6) is 0 Å². The molecule has 0 fully saturated rings. The number of nitro benzene ring substituents is 1. The maximum atomic E-state index is 10.5. The van der Waals surface area contributed by atoms with E-state index >= 15 is 0 Å². The number of rotatable bonds is 5. The molecule has 1 unspecified atom stereocenters. The van der Waals surface area contributed by atoms with Crippen LogP contribution < -0.4 is 10.6 Å². The first-order valence-electron chi connectivity index (χ1n) is 4.89. The molecule has 0 aliphatic heterocycles. The van der Waals surface area contributed by atoms with E-state index < -0.39 is 4.92 Å². The van der Waals surface area contributed by atoms with Crippen LogP contribution in [0, 0.1) is 10.1 Å². The number of nitro groups is 1.